The zero-order valence-corrected chi connectivity index (χ0v) is 26.5. The van der Waals surface area contributed by atoms with Gasteiger partial charge in [0.15, 0.2) is 5.82 Å². The van der Waals surface area contributed by atoms with Crippen LogP contribution in [0.15, 0.2) is 30.3 Å². The molecule has 8 nitrogen and oxygen atoms in total. The lowest BCUT2D eigenvalue weighted by atomic mass is 9.94. The summed E-state index contributed by atoms with van der Waals surface area (Å²) in [5, 5.41) is 5.27. The Morgan fingerprint density at radius 2 is 1.92 bits per heavy atom. The molecule has 5 atom stereocenters. The number of ether oxygens (including phenoxy) is 2. The largest absolute Gasteiger partial charge is 0.522 e. The molecule has 0 amide bonds. The molecule has 4 saturated heterocycles. The van der Waals surface area contributed by atoms with E-state index in [0.29, 0.717) is 59.2 Å². The van der Waals surface area contributed by atoms with Crippen LogP contribution in [0.5, 0.6) is 6.01 Å². The molecule has 0 spiro atoms. The summed E-state index contributed by atoms with van der Waals surface area (Å²) in [5.41, 5.74) is 0.383. The Kier molecular flexibility index (Phi) is 7.06. The Hall–Kier alpha value is -4.12. The minimum Gasteiger partial charge on any atom is -0.461 e. The van der Waals surface area contributed by atoms with Crippen LogP contribution in [0.2, 0.25) is 0 Å². The third kappa shape index (κ3) is 5.02. The van der Waals surface area contributed by atoms with Crippen LogP contribution < -0.4 is 15.0 Å². The lowest BCUT2D eigenvalue weighted by Gasteiger charge is -2.41. The molecule has 5 aliphatic rings. The van der Waals surface area contributed by atoms with E-state index in [2.05, 4.69) is 25.9 Å². The van der Waals surface area contributed by atoms with Crippen molar-refractivity contribution in [3.63, 3.8) is 0 Å². The highest BCUT2D eigenvalue weighted by molar-refractivity contribution is 6.02. The van der Waals surface area contributed by atoms with E-state index in [1.165, 1.54) is 6.07 Å². The van der Waals surface area contributed by atoms with Crippen molar-refractivity contribution in [3.05, 3.63) is 53.2 Å². The van der Waals surface area contributed by atoms with E-state index < -0.39 is 29.6 Å². The standard InChI is InChI=1S/C36H33F5N6O2/c1-2-22-24(37)9-7-19-5-3-6-23(28(19)22)31-30(38)32-29-26(43-31)11-12-27-25-10-8-20(42-25)16-47(27)33(29)45-34(44-32)48-18-35-13-4-14-46(35)17-21(15-35)49-36(39,40)41/h1,3,5-7,9,20-21,25,27,42H,4,8,10-18H2/t20-,21+,25+,27-,35?/m1/s1. The molecule has 254 valence electrons. The van der Waals surface area contributed by atoms with Gasteiger partial charge in [-0.05, 0) is 62.9 Å². The van der Waals surface area contributed by atoms with E-state index in [4.69, 9.17) is 21.1 Å². The van der Waals surface area contributed by atoms with Crippen molar-refractivity contribution in [1.29, 1.82) is 0 Å². The molecule has 5 aliphatic heterocycles. The lowest BCUT2D eigenvalue weighted by Crippen LogP contribution is -2.58. The van der Waals surface area contributed by atoms with Crippen molar-refractivity contribution >= 4 is 27.5 Å². The second-order valence-corrected chi connectivity index (χ2v) is 14.0. The molecule has 7 heterocycles. The van der Waals surface area contributed by atoms with Crippen LogP contribution in [0, 0.1) is 24.0 Å². The van der Waals surface area contributed by atoms with Gasteiger partial charge in [-0.15, -0.1) is 19.6 Å². The summed E-state index contributed by atoms with van der Waals surface area (Å²) in [7, 11) is 0. The fraction of sp³-hybridized carbons (Fsp3) is 0.472. The molecule has 1 unspecified atom stereocenters. The van der Waals surface area contributed by atoms with Crippen molar-refractivity contribution in [2.24, 2.45) is 0 Å². The number of benzene rings is 2. The Morgan fingerprint density at radius 1 is 1.04 bits per heavy atom. The predicted molar refractivity (Wildman–Crippen MR) is 172 cm³/mol. The second-order valence-electron chi connectivity index (χ2n) is 14.0. The second kappa shape index (κ2) is 11.2. The quantitative estimate of drug-likeness (QED) is 0.208. The maximum atomic E-state index is 17.1. The molecular formula is C36H33F5N6O2. The molecule has 1 N–H and O–H groups in total. The van der Waals surface area contributed by atoms with Crippen LogP contribution in [0.4, 0.5) is 27.8 Å². The minimum atomic E-state index is -4.73. The van der Waals surface area contributed by atoms with Gasteiger partial charge in [0.1, 0.15) is 29.5 Å². The van der Waals surface area contributed by atoms with Gasteiger partial charge in [0.2, 0.25) is 0 Å². The van der Waals surface area contributed by atoms with E-state index >= 15 is 4.39 Å². The van der Waals surface area contributed by atoms with Gasteiger partial charge < -0.3 is 15.0 Å². The number of hydrogen-bond donors (Lipinski definition) is 1. The number of aromatic nitrogens is 3. The lowest BCUT2D eigenvalue weighted by molar-refractivity contribution is -0.340. The van der Waals surface area contributed by atoms with Crippen molar-refractivity contribution in [2.45, 2.75) is 81.1 Å². The van der Waals surface area contributed by atoms with Gasteiger partial charge in [0, 0.05) is 42.2 Å². The van der Waals surface area contributed by atoms with Crippen LogP contribution in [-0.2, 0) is 11.2 Å². The van der Waals surface area contributed by atoms with Gasteiger partial charge in [-0.2, -0.15) is 9.97 Å². The van der Waals surface area contributed by atoms with Gasteiger partial charge in [0.25, 0.3) is 0 Å². The summed E-state index contributed by atoms with van der Waals surface area (Å²) in [5.74, 6) is 1.70. The predicted octanol–water partition coefficient (Wildman–Crippen LogP) is 5.88. The molecule has 2 bridgehead atoms. The van der Waals surface area contributed by atoms with E-state index in [1.54, 1.807) is 24.3 Å². The Morgan fingerprint density at radius 3 is 2.76 bits per heavy atom. The normalized spacial score (nSPS) is 27.7. The molecule has 0 aliphatic carbocycles. The summed E-state index contributed by atoms with van der Waals surface area (Å²) in [6, 6.07) is 8.67. The molecule has 4 fully saturated rings. The smallest absolute Gasteiger partial charge is 0.461 e. The van der Waals surface area contributed by atoms with Crippen LogP contribution in [0.25, 0.3) is 32.9 Å². The fourth-order valence-corrected chi connectivity index (χ4v) is 9.24. The minimum absolute atomic E-state index is 0.00816. The number of rotatable bonds is 5. The number of nitrogens with one attached hydrogen (secondary N) is 1. The van der Waals surface area contributed by atoms with Crippen LogP contribution in [0.1, 0.15) is 49.8 Å². The monoisotopic (exact) mass is 676 g/mol. The SMILES string of the molecule is C#Cc1c(F)ccc2cccc(-c3nc4c5c(nc(OCC67CCCN6C[C@@H](OC(F)(F)F)C7)nc5c3F)N3C[C@H]5CC[C@H](N5)[C@H]3CC4)c12. The van der Waals surface area contributed by atoms with Gasteiger partial charge in [-0.1, -0.05) is 30.2 Å². The highest BCUT2D eigenvalue weighted by Crippen LogP contribution is 2.45. The Labute approximate surface area is 279 Å². The van der Waals surface area contributed by atoms with E-state index in [-0.39, 0.29) is 60.5 Å². The van der Waals surface area contributed by atoms with Crippen LogP contribution in [-0.4, -0.2) is 82.2 Å². The van der Waals surface area contributed by atoms with Gasteiger partial charge >= 0.3 is 12.4 Å². The average molecular weight is 677 g/mol. The topological polar surface area (TPSA) is 75.6 Å². The summed E-state index contributed by atoms with van der Waals surface area (Å²) >= 11 is 0. The van der Waals surface area contributed by atoms with Crippen molar-refractivity contribution in [2.75, 3.05) is 31.1 Å². The first-order valence-corrected chi connectivity index (χ1v) is 16.8. The van der Waals surface area contributed by atoms with Crippen molar-refractivity contribution < 1.29 is 31.4 Å². The van der Waals surface area contributed by atoms with Crippen LogP contribution in [0.3, 0.4) is 0 Å². The Balaban J connectivity index is 1.18. The molecule has 49 heavy (non-hydrogen) atoms. The number of terminal acetylenes is 1. The first kappa shape index (κ1) is 30.9. The fourth-order valence-electron chi connectivity index (χ4n) is 9.24. The van der Waals surface area contributed by atoms with Gasteiger partial charge in [0.05, 0.1) is 28.3 Å². The van der Waals surface area contributed by atoms with E-state index in [9.17, 15) is 17.6 Å². The van der Waals surface area contributed by atoms with Crippen molar-refractivity contribution in [1.82, 2.24) is 25.2 Å². The molecule has 0 saturated carbocycles. The number of halogens is 5. The Bertz CT molecular complexity index is 2050. The zero-order valence-electron chi connectivity index (χ0n) is 26.5. The first-order chi connectivity index (χ1) is 23.6. The summed E-state index contributed by atoms with van der Waals surface area (Å²) in [4.78, 5) is 18.7. The van der Waals surface area contributed by atoms with E-state index in [1.807, 2.05) is 4.90 Å². The first-order valence-electron chi connectivity index (χ1n) is 16.8. The number of alkyl halides is 3. The third-order valence-electron chi connectivity index (χ3n) is 11.3. The van der Waals surface area contributed by atoms with Crippen molar-refractivity contribution in [3.8, 4) is 29.6 Å². The summed E-state index contributed by atoms with van der Waals surface area (Å²) < 4.78 is 82.2. The number of hydrogen-bond acceptors (Lipinski definition) is 8. The maximum Gasteiger partial charge on any atom is 0.522 e. The molecule has 9 rings (SSSR count). The van der Waals surface area contributed by atoms with Gasteiger partial charge in [-0.25, -0.2) is 13.8 Å². The molecule has 0 radical (unpaired) electrons. The maximum absolute atomic E-state index is 17.1. The van der Waals surface area contributed by atoms with Crippen LogP contribution >= 0.6 is 0 Å². The molecule has 13 heteroatoms. The number of aryl methyl sites for hydroxylation is 1. The highest BCUT2D eigenvalue weighted by atomic mass is 19.4. The molecule has 2 aromatic carbocycles. The average Bonchev–Trinajstić information content (AvgIpc) is 3.71. The number of piperazine rings is 1. The number of fused-ring (bicyclic) bond motifs is 7. The third-order valence-corrected chi connectivity index (χ3v) is 11.3. The van der Waals surface area contributed by atoms with E-state index in [0.717, 1.165) is 25.7 Å². The number of nitrogens with zero attached hydrogens (tertiary/aromatic N) is 5. The summed E-state index contributed by atoms with van der Waals surface area (Å²) in [6.45, 7) is 1.49. The number of pyridine rings is 1. The molecular weight excluding hydrogens is 643 g/mol. The van der Waals surface area contributed by atoms with Gasteiger partial charge in [-0.3, -0.25) is 9.64 Å². The molecule has 4 aromatic rings. The zero-order chi connectivity index (χ0) is 33.7. The number of anilines is 1. The summed E-state index contributed by atoms with van der Waals surface area (Å²) in [6.07, 6.45) is 4.97. The molecule has 2 aromatic heterocycles. The highest BCUT2D eigenvalue weighted by Gasteiger charge is 2.52.